The van der Waals surface area contributed by atoms with Crippen molar-refractivity contribution in [3.63, 3.8) is 0 Å². The van der Waals surface area contributed by atoms with Gasteiger partial charge in [-0.15, -0.1) is 0 Å². The molecule has 1 fully saturated rings. The molecular weight excluding hydrogens is 278 g/mol. The first-order valence-electron chi connectivity index (χ1n) is 6.68. The number of carbonyl (C=O) groups is 1. The number of β-amino-alcohol motifs (C(OH)–C–C–N with tert-alkyl or cyclic N) is 1. The van der Waals surface area contributed by atoms with Gasteiger partial charge in [-0.2, -0.15) is 0 Å². The molecule has 1 aromatic rings. The maximum atomic E-state index is 12.0. The summed E-state index contributed by atoms with van der Waals surface area (Å²) in [5.74, 6) is -0.0974. The van der Waals surface area contributed by atoms with E-state index in [1.54, 1.807) is 17.0 Å². The van der Waals surface area contributed by atoms with Crippen LogP contribution in [0.4, 0.5) is 4.79 Å². The first-order chi connectivity index (χ1) is 9.26. The number of likely N-dealkylation sites (tertiary alicyclic amines) is 1. The predicted octanol–water partition coefficient (Wildman–Crippen LogP) is 3.04. The van der Waals surface area contributed by atoms with Crippen molar-refractivity contribution in [3.8, 4) is 0 Å². The number of aliphatic hydroxyl groups excluding tert-OH is 1. The van der Waals surface area contributed by atoms with Crippen molar-refractivity contribution in [1.29, 1.82) is 0 Å². The fourth-order valence-corrected chi connectivity index (χ4v) is 2.43. The van der Waals surface area contributed by atoms with Crippen LogP contribution in [0.3, 0.4) is 0 Å². The molecular formula is C15H20ClNO3. The fourth-order valence-electron chi connectivity index (χ4n) is 2.30. The molecule has 1 aliphatic heterocycles. The van der Waals surface area contributed by atoms with Crippen LogP contribution >= 0.6 is 11.6 Å². The van der Waals surface area contributed by atoms with Gasteiger partial charge in [0, 0.05) is 17.5 Å². The van der Waals surface area contributed by atoms with Gasteiger partial charge in [0.25, 0.3) is 0 Å². The van der Waals surface area contributed by atoms with Gasteiger partial charge in [0.05, 0.1) is 12.6 Å². The van der Waals surface area contributed by atoms with E-state index >= 15 is 0 Å². The monoisotopic (exact) mass is 297 g/mol. The number of hydrogen-bond acceptors (Lipinski definition) is 3. The summed E-state index contributed by atoms with van der Waals surface area (Å²) in [6.45, 7) is 6.23. The summed E-state index contributed by atoms with van der Waals surface area (Å²) >= 11 is 5.86. The van der Waals surface area contributed by atoms with Crippen molar-refractivity contribution in [3.05, 3.63) is 34.9 Å². The molecule has 2 rings (SSSR count). The second kappa shape index (κ2) is 5.62. The second-order valence-corrected chi connectivity index (χ2v) is 6.55. The predicted molar refractivity (Wildman–Crippen MR) is 78.0 cm³/mol. The number of amides is 1. The number of halogens is 1. The van der Waals surface area contributed by atoms with Gasteiger partial charge in [0.15, 0.2) is 0 Å². The number of rotatable bonds is 1. The number of hydrogen-bond donors (Lipinski definition) is 1. The number of carbonyl (C=O) groups excluding carboxylic acids is 1. The summed E-state index contributed by atoms with van der Waals surface area (Å²) in [4.78, 5) is 13.6. The molecule has 0 bridgehead atoms. The van der Waals surface area contributed by atoms with Crippen LogP contribution in [-0.4, -0.2) is 40.9 Å². The lowest BCUT2D eigenvalue weighted by Gasteiger charge is -2.24. The Labute approximate surface area is 124 Å². The summed E-state index contributed by atoms with van der Waals surface area (Å²) in [5.41, 5.74) is 0.452. The van der Waals surface area contributed by atoms with Crippen molar-refractivity contribution in [2.24, 2.45) is 0 Å². The van der Waals surface area contributed by atoms with Crippen LogP contribution in [0.15, 0.2) is 24.3 Å². The lowest BCUT2D eigenvalue weighted by molar-refractivity contribution is 0.0270. The van der Waals surface area contributed by atoms with Gasteiger partial charge in [-0.3, -0.25) is 0 Å². The van der Waals surface area contributed by atoms with Gasteiger partial charge in [0.2, 0.25) is 0 Å². The summed E-state index contributed by atoms with van der Waals surface area (Å²) in [6, 6.07) is 7.35. The van der Waals surface area contributed by atoms with Crippen molar-refractivity contribution >= 4 is 17.7 Å². The molecule has 2 atom stereocenters. The van der Waals surface area contributed by atoms with Gasteiger partial charge in [-0.05, 0) is 38.5 Å². The minimum atomic E-state index is -0.580. The quantitative estimate of drug-likeness (QED) is 0.867. The molecule has 1 aliphatic rings. The topological polar surface area (TPSA) is 49.8 Å². The van der Waals surface area contributed by atoms with E-state index in [2.05, 4.69) is 0 Å². The van der Waals surface area contributed by atoms with Gasteiger partial charge in [0.1, 0.15) is 5.60 Å². The summed E-state index contributed by atoms with van der Waals surface area (Å²) in [5, 5.41) is 10.8. The Hall–Kier alpha value is -1.26. The Balaban J connectivity index is 2.05. The average molecular weight is 298 g/mol. The van der Waals surface area contributed by atoms with E-state index in [-0.39, 0.29) is 12.0 Å². The number of benzene rings is 1. The van der Waals surface area contributed by atoms with Crippen molar-refractivity contribution in [2.75, 3.05) is 13.1 Å². The van der Waals surface area contributed by atoms with Gasteiger partial charge in [-0.1, -0.05) is 23.7 Å². The van der Waals surface area contributed by atoms with Crippen LogP contribution in [0.1, 0.15) is 32.3 Å². The molecule has 1 N–H and O–H groups in total. The Morgan fingerprint density at radius 1 is 1.30 bits per heavy atom. The van der Waals surface area contributed by atoms with Crippen molar-refractivity contribution in [2.45, 2.75) is 38.4 Å². The molecule has 4 nitrogen and oxygen atoms in total. The Morgan fingerprint density at radius 3 is 2.45 bits per heavy atom. The van der Waals surface area contributed by atoms with Crippen LogP contribution in [0.25, 0.3) is 0 Å². The number of nitrogens with zero attached hydrogens (tertiary/aromatic N) is 1. The highest BCUT2D eigenvalue weighted by molar-refractivity contribution is 6.30. The SMILES string of the molecule is CC(C)(C)OC(=O)N1C[C@H](O)[C@H](c2ccc(Cl)cc2)C1. The van der Waals surface area contributed by atoms with E-state index in [9.17, 15) is 9.90 Å². The fraction of sp³-hybridized carbons (Fsp3) is 0.533. The van der Waals surface area contributed by atoms with E-state index in [4.69, 9.17) is 16.3 Å². The molecule has 1 heterocycles. The van der Waals surface area contributed by atoms with Gasteiger partial charge in [-0.25, -0.2) is 4.79 Å². The first-order valence-corrected chi connectivity index (χ1v) is 7.05. The molecule has 1 saturated heterocycles. The average Bonchev–Trinajstić information content (AvgIpc) is 2.70. The highest BCUT2D eigenvalue weighted by Gasteiger charge is 2.36. The summed E-state index contributed by atoms with van der Waals surface area (Å²) in [6.07, 6.45) is -0.961. The second-order valence-electron chi connectivity index (χ2n) is 6.11. The maximum Gasteiger partial charge on any atom is 0.410 e. The van der Waals surface area contributed by atoms with Crippen LogP contribution in [0, 0.1) is 0 Å². The molecule has 1 aromatic carbocycles. The first kappa shape index (κ1) is 15.1. The zero-order valence-corrected chi connectivity index (χ0v) is 12.7. The summed E-state index contributed by atoms with van der Waals surface area (Å²) < 4.78 is 5.33. The minimum Gasteiger partial charge on any atom is -0.444 e. The van der Waals surface area contributed by atoms with E-state index in [0.29, 0.717) is 18.1 Å². The third kappa shape index (κ3) is 3.64. The Bertz CT molecular complexity index is 481. The van der Waals surface area contributed by atoms with Crippen molar-refractivity contribution in [1.82, 2.24) is 4.90 Å². The van der Waals surface area contributed by atoms with Crippen LogP contribution < -0.4 is 0 Å². The Morgan fingerprint density at radius 2 is 1.90 bits per heavy atom. The van der Waals surface area contributed by atoms with Crippen LogP contribution in [-0.2, 0) is 4.74 Å². The van der Waals surface area contributed by atoms with Gasteiger partial charge >= 0.3 is 6.09 Å². The molecule has 110 valence electrons. The highest BCUT2D eigenvalue weighted by Crippen LogP contribution is 2.29. The molecule has 0 saturated carbocycles. The Kier molecular flexibility index (Phi) is 4.25. The standard InChI is InChI=1S/C15H20ClNO3/c1-15(2,3)20-14(19)17-8-12(13(18)9-17)10-4-6-11(16)7-5-10/h4-7,12-13,18H,8-9H2,1-3H3/t12-,13-/m0/s1. The smallest absolute Gasteiger partial charge is 0.410 e. The third-order valence-corrected chi connectivity index (χ3v) is 3.49. The molecule has 1 amide bonds. The molecule has 0 radical (unpaired) electrons. The lowest BCUT2D eigenvalue weighted by atomic mass is 9.96. The molecule has 0 spiro atoms. The van der Waals surface area contributed by atoms with Crippen LogP contribution in [0.5, 0.6) is 0 Å². The van der Waals surface area contributed by atoms with E-state index in [1.165, 1.54) is 0 Å². The molecule has 5 heteroatoms. The molecule has 0 aliphatic carbocycles. The maximum absolute atomic E-state index is 12.0. The number of aliphatic hydroxyl groups is 1. The minimum absolute atomic E-state index is 0.0974. The molecule has 0 aromatic heterocycles. The molecule has 20 heavy (non-hydrogen) atoms. The normalized spacial score (nSPS) is 22.9. The molecule has 0 unspecified atom stereocenters. The van der Waals surface area contributed by atoms with E-state index in [1.807, 2.05) is 32.9 Å². The zero-order chi connectivity index (χ0) is 14.9. The lowest BCUT2D eigenvalue weighted by Crippen LogP contribution is -2.35. The third-order valence-electron chi connectivity index (χ3n) is 3.24. The zero-order valence-electron chi connectivity index (χ0n) is 12.0. The van der Waals surface area contributed by atoms with E-state index in [0.717, 1.165) is 5.56 Å². The highest BCUT2D eigenvalue weighted by atomic mass is 35.5. The largest absolute Gasteiger partial charge is 0.444 e. The van der Waals surface area contributed by atoms with Gasteiger partial charge < -0.3 is 14.7 Å². The number of ether oxygens (including phenoxy) is 1. The summed E-state index contributed by atoms with van der Waals surface area (Å²) in [7, 11) is 0. The van der Waals surface area contributed by atoms with Crippen molar-refractivity contribution < 1.29 is 14.6 Å². The van der Waals surface area contributed by atoms with E-state index < -0.39 is 11.7 Å². The van der Waals surface area contributed by atoms with Crippen LogP contribution in [0.2, 0.25) is 5.02 Å².